The van der Waals surface area contributed by atoms with Crippen molar-refractivity contribution >= 4 is 39.4 Å². The molecule has 33 heavy (non-hydrogen) atoms. The van der Waals surface area contributed by atoms with Crippen LogP contribution in [0, 0.1) is 0 Å². The number of carboxylic acid groups (broad SMARTS) is 1. The summed E-state index contributed by atoms with van der Waals surface area (Å²) in [4.78, 5) is 41.5. The number of pyridine rings is 1. The van der Waals surface area contributed by atoms with Crippen LogP contribution in [0.4, 0.5) is 5.69 Å². The molecule has 11 heteroatoms. The van der Waals surface area contributed by atoms with Gasteiger partial charge in [0.1, 0.15) is 5.70 Å². The normalized spacial score (nSPS) is 20.5. The zero-order valence-electron chi connectivity index (χ0n) is 16.8. The van der Waals surface area contributed by atoms with Crippen LogP contribution in [0.5, 0.6) is 5.75 Å². The van der Waals surface area contributed by atoms with Gasteiger partial charge in [-0.1, -0.05) is 24.3 Å². The number of rotatable bonds is 5. The molecular weight excluding hydrogens is 450 g/mol. The fourth-order valence-corrected chi connectivity index (χ4v) is 5.44. The second-order valence-corrected chi connectivity index (χ2v) is 9.28. The van der Waals surface area contributed by atoms with Gasteiger partial charge in [-0.25, -0.2) is 13.2 Å². The molecule has 4 rings (SSSR count). The van der Waals surface area contributed by atoms with Crippen LogP contribution in [-0.4, -0.2) is 52.3 Å². The zero-order valence-corrected chi connectivity index (χ0v) is 17.7. The number of aliphatic carboxylic acids is 1. The molecule has 0 saturated carbocycles. The van der Waals surface area contributed by atoms with E-state index in [9.17, 15) is 33.0 Å². The maximum absolute atomic E-state index is 12.9. The van der Waals surface area contributed by atoms with Crippen molar-refractivity contribution in [3.05, 3.63) is 83.4 Å². The molecule has 1 aromatic heterocycles. The van der Waals surface area contributed by atoms with Crippen LogP contribution in [0.3, 0.4) is 0 Å². The Morgan fingerprint density at radius 1 is 1.18 bits per heavy atom. The van der Waals surface area contributed by atoms with Gasteiger partial charge >= 0.3 is 5.97 Å². The Hall–Kier alpha value is -4.25. The van der Waals surface area contributed by atoms with Crippen LogP contribution in [-0.2, 0) is 24.2 Å². The van der Waals surface area contributed by atoms with Crippen molar-refractivity contribution in [3.63, 3.8) is 0 Å². The number of amides is 2. The van der Waals surface area contributed by atoms with E-state index in [1.807, 2.05) is 0 Å². The first-order chi connectivity index (χ1) is 15.7. The van der Waals surface area contributed by atoms with Crippen molar-refractivity contribution in [2.75, 3.05) is 11.1 Å². The summed E-state index contributed by atoms with van der Waals surface area (Å²) in [6.07, 6.45) is 4.83. The van der Waals surface area contributed by atoms with Crippen LogP contribution < -0.4 is 10.4 Å². The molecule has 0 bridgehead atoms. The standard InChI is InChI=1S/C22H17N3O7S/c26-16-7-5-14(6-8-16)24-18(27)9-4-13-12-33(31,32)21-17(11-15-3-1-2-10-23-15)20(28)25(21)19(13)22(29)30/h1-11,21,26H,12H2,(H,24,27)(H,29,30)/p-1/b9-4+,17-11-/t21-/m1/s1. The van der Waals surface area contributed by atoms with E-state index in [-0.39, 0.29) is 16.9 Å². The van der Waals surface area contributed by atoms with E-state index in [0.717, 1.165) is 12.2 Å². The number of benzene rings is 1. The predicted molar refractivity (Wildman–Crippen MR) is 115 cm³/mol. The highest BCUT2D eigenvalue weighted by Gasteiger charge is 2.56. The number of sulfone groups is 1. The van der Waals surface area contributed by atoms with E-state index in [0.29, 0.717) is 16.3 Å². The number of hydrogen-bond donors (Lipinski definition) is 2. The highest BCUT2D eigenvalue weighted by molar-refractivity contribution is 7.92. The van der Waals surface area contributed by atoms with Crippen LogP contribution in [0.25, 0.3) is 6.08 Å². The van der Waals surface area contributed by atoms with E-state index >= 15 is 0 Å². The average molecular weight is 466 g/mol. The van der Waals surface area contributed by atoms with Crippen LogP contribution >= 0.6 is 0 Å². The largest absolute Gasteiger partial charge is 0.872 e. The monoisotopic (exact) mass is 466 g/mol. The summed E-state index contributed by atoms with van der Waals surface area (Å²) < 4.78 is 25.8. The summed E-state index contributed by atoms with van der Waals surface area (Å²) in [5.41, 5.74) is -0.0824. The lowest BCUT2D eigenvalue weighted by molar-refractivity contribution is -0.268. The van der Waals surface area contributed by atoms with Gasteiger partial charge in [-0.3, -0.25) is 19.5 Å². The van der Waals surface area contributed by atoms with Crippen molar-refractivity contribution in [3.8, 4) is 5.75 Å². The number of carboxylic acids is 1. The molecule has 1 saturated heterocycles. The number of nitrogens with one attached hydrogen (secondary N) is 1. The molecule has 1 aromatic carbocycles. The molecule has 1 fully saturated rings. The topological polar surface area (TPSA) is 157 Å². The maximum Gasteiger partial charge on any atom is 0.352 e. The Morgan fingerprint density at radius 3 is 2.55 bits per heavy atom. The van der Waals surface area contributed by atoms with Crippen LogP contribution in [0.2, 0.25) is 0 Å². The van der Waals surface area contributed by atoms with Gasteiger partial charge in [0.15, 0.2) is 15.2 Å². The van der Waals surface area contributed by atoms with Gasteiger partial charge in [0.25, 0.3) is 5.91 Å². The highest BCUT2D eigenvalue weighted by atomic mass is 32.2. The third-order valence-electron chi connectivity index (χ3n) is 4.96. The Bertz CT molecular complexity index is 1340. The van der Waals surface area contributed by atoms with Crippen LogP contribution in [0.15, 0.2) is 77.7 Å². The molecule has 0 spiro atoms. The highest BCUT2D eigenvalue weighted by Crippen LogP contribution is 2.41. The number of carbonyl (C=O) groups excluding carboxylic acids is 2. The summed E-state index contributed by atoms with van der Waals surface area (Å²) >= 11 is 0. The summed E-state index contributed by atoms with van der Waals surface area (Å²) in [5.74, 6) is -3.84. The van der Waals surface area contributed by atoms with E-state index < -0.39 is 44.4 Å². The molecule has 0 unspecified atom stereocenters. The lowest BCUT2D eigenvalue weighted by Gasteiger charge is -2.45. The van der Waals surface area contributed by atoms with Crippen molar-refractivity contribution < 1.29 is 33.0 Å². The molecule has 2 amide bonds. The molecule has 3 heterocycles. The summed E-state index contributed by atoms with van der Waals surface area (Å²) in [5, 5.41) is 21.8. The molecule has 2 N–H and O–H groups in total. The molecule has 10 nitrogen and oxygen atoms in total. The van der Waals surface area contributed by atoms with E-state index in [1.165, 1.54) is 36.5 Å². The third kappa shape index (κ3) is 4.26. The van der Waals surface area contributed by atoms with Crippen molar-refractivity contribution in [1.29, 1.82) is 0 Å². The van der Waals surface area contributed by atoms with Gasteiger partial charge in [0.2, 0.25) is 5.91 Å². The molecule has 2 aliphatic rings. The summed E-state index contributed by atoms with van der Waals surface area (Å²) in [6.45, 7) is 0. The van der Waals surface area contributed by atoms with Gasteiger partial charge in [0.05, 0.1) is 17.0 Å². The van der Waals surface area contributed by atoms with Crippen molar-refractivity contribution in [1.82, 2.24) is 9.88 Å². The van der Waals surface area contributed by atoms with E-state index in [2.05, 4.69) is 10.3 Å². The van der Waals surface area contributed by atoms with Gasteiger partial charge in [-0.2, -0.15) is 0 Å². The second kappa shape index (κ2) is 8.36. The first-order valence-corrected chi connectivity index (χ1v) is 11.3. The molecule has 2 aromatic rings. The number of nitrogens with zero attached hydrogens (tertiary/aromatic N) is 2. The molecule has 1 atom stereocenters. The Kier molecular flexibility index (Phi) is 5.56. The van der Waals surface area contributed by atoms with E-state index in [1.54, 1.807) is 18.2 Å². The smallest absolute Gasteiger partial charge is 0.352 e. The number of aromatic nitrogens is 1. The minimum atomic E-state index is -3.98. The number of anilines is 1. The third-order valence-corrected chi connectivity index (χ3v) is 6.82. The van der Waals surface area contributed by atoms with Crippen LogP contribution in [0.1, 0.15) is 5.69 Å². The Morgan fingerprint density at radius 2 is 1.91 bits per heavy atom. The molecular formula is C22H16N3O7S-. The Labute approximate surface area is 188 Å². The fraction of sp³-hybridized carbons (Fsp3) is 0.0909. The Balaban J connectivity index is 1.64. The quantitative estimate of drug-likeness (QED) is 0.481. The second-order valence-electron chi connectivity index (χ2n) is 7.21. The first kappa shape index (κ1) is 22.0. The zero-order chi connectivity index (χ0) is 23.8. The number of allylic oxidation sites excluding steroid dienone is 1. The lowest BCUT2D eigenvalue weighted by Crippen LogP contribution is -2.62. The fourth-order valence-electron chi connectivity index (χ4n) is 3.54. The SMILES string of the molecule is O=C(/C=C/C1=C(C(=O)O)N2C(=O)/C(=C/c3ccccn3)[C@H]2S(=O)(=O)C1)Nc1ccc([O-])cc1. The number of fused-ring (bicyclic) bond motifs is 1. The lowest BCUT2D eigenvalue weighted by atomic mass is 10.0. The van der Waals surface area contributed by atoms with Gasteiger partial charge in [0, 0.05) is 18.0 Å². The average Bonchev–Trinajstić information content (AvgIpc) is 2.77. The minimum absolute atomic E-state index is 0.0740. The van der Waals surface area contributed by atoms with Gasteiger partial charge in [-0.05, 0) is 35.9 Å². The molecule has 0 aliphatic carbocycles. The van der Waals surface area contributed by atoms with Gasteiger partial charge in [-0.15, -0.1) is 5.75 Å². The molecule has 2 aliphatic heterocycles. The molecule has 168 valence electrons. The maximum atomic E-state index is 12.9. The number of β-lactam (4-membered cyclic amide) rings is 1. The number of carbonyl (C=O) groups is 3. The summed E-state index contributed by atoms with van der Waals surface area (Å²) in [6, 6.07) is 10.2. The molecule has 0 radical (unpaired) electrons. The predicted octanol–water partition coefficient (Wildman–Crippen LogP) is 0.669. The first-order valence-electron chi connectivity index (χ1n) is 9.58. The number of hydrogen-bond acceptors (Lipinski definition) is 7. The van der Waals surface area contributed by atoms with Crippen molar-refractivity contribution in [2.24, 2.45) is 0 Å². The van der Waals surface area contributed by atoms with Gasteiger partial charge < -0.3 is 15.5 Å². The van der Waals surface area contributed by atoms with E-state index in [4.69, 9.17) is 0 Å². The van der Waals surface area contributed by atoms with Crippen molar-refractivity contribution in [2.45, 2.75) is 5.37 Å². The summed E-state index contributed by atoms with van der Waals surface area (Å²) in [7, 11) is -3.98. The minimum Gasteiger partial charge on any atom is -0.872 e.